The van der Waals surface area contributed by atoms with E-state index in [1.54, 1.807) is 30.3 Å². The fourth-order valence-electron chi connectivity index (χ4n) is 4.61. The second kappa shape index (κ2) is 7.52. The van der Waals surface area contributed by atoms with E-state index in [-0.39, 0.29) is 45.8 Å². The Morgan fingerprint density at radius 2 is 1.97 bits per heavy atom. The van der Waals surface area contributed by atoms with E-state index in [9.17, 15) is 14.7 Å². The molecule has 0 saturated carbocycles. The van der Waals surface area contributed by atoms with Gasteiger partial charge < -0.3 is 24.8 Å². The van der Waals surface area contributed by atoms with Gasteiger partial charge in [0.15, 0.2) is 0 Å². The van der Waals surface area contributed by atoms with Crippen molar-refractivity contribution in [3.8, 4) is 11.1 Å². The molecule has 0 fully saturated rings. The third-order valence-electron chi connectivity index (χ3n) is 6.01. The Kier molecular flexibility index (Phi) is 4.43. The average molecular weight is 469 g/mol. The number of fused-ring (bicyclic) bond motifs is 4. The van der Waals surface area contributed by atoms with Gasteiger partial charge in [-0.1, -0.05) is 18.2 Å². The van der Waals surface area contributed by atoms with Crippen LogP contribution in [0.4, 0.5) is 10.3 Å². The second-order valence-corrected chi connectivity index (χ2v) is 7.99. The van der Waals surface area contributed by atoms with E-state index in [0.717, 1.165) is 0 Å². The molecule has 6 rings (SSSR count). The quantitative estimate of drug-likeness (QED) is 0.352. The number of furan rings is 1. The highest BCUT2D eigenvalue weighted by Crippen LogP contribution is 2.40. The van der Waals surface area contributed by atoms with Gasteiger partial charge in [0.25, 0.3) is 5.56 Å². The van der Waals surface area contributed by atoms with Gasteiger partial charge in [0.1, 0.15) is 17.1 Å². The molecule has 0 radical (unpaired) electrons. The summed E-state index contributed by atoms with van der Waals surface area (Å²) in [5.74, 6) is -1.87. The van der Waals surface area contributed by atoms with E-state index in [1.807, 2.05) is 0 Å². The van der Waals surface area contributed by atoms with Gasteiger partial charge in [-0.3, -0.25) is 4.79 Å². The number of carbonyl (C=O) groups is 1. The van der Waals surface area contributed by atoms with Crippen molar-refractivity contribution in [3.63, 3.8) is 0 Å². The number of hydrogen-bond donors (Lipinski definition) is 3. The fourth-order valence-corrected chi connectivity index (χ4v) is 4.61. The number of hydrogen-bond acceptors (Lipinski definition) is 6. The number of halogens is 1. The summed E-state index contributed by atoms with van der Waals surface area (Å²) in [5, 5.41) is 11.5. The van der Waals surface area contributed by atoms with Crippen molar-refractivity contribution in [2.75, 3.05) is 5.73 Å². The Balaban J connectivity index is 1.77. The van der Waals surface area contributed by atoms with Gasteiger partial charge in [0.2, 0.25) is 5.95 Å². The average Bonchev–Trinajstić information content (AvgIpc) is 3.43. The number of nitrogens with two attached hydrogens (primary N) is 1. The lowest BCUT2D eigenvalue weighted by Crippen LogP contribution is -2.14. The van der Waals surface area contributed by atoms with E-state index in [0.29, 0.717) is 22.0 Å². The Labute approximate surface area is 195 Å². The number of aromatic carboxylic acids is 1. The van der Waals surface area contributed by atoms with Gasteiger partial charge >= 0.3 is 5.97 Å². The first-order valence-corrected chi connectivity index (χ1v) is 10.6. The summed E-state index contributed by atoms with van der Waals surface area (Å²) in [7, 11) is 0. The summed E-state index contributed by atoms with van der Waals surface area (Å²) in [4.78, 5) is 36.6. The first kappa shape index (κ1) is 20.6. The fraction of sp³-hybridized carbons (Fsp3) is 0.0400. The number of benzene rings is 2. The minimum absolute atomic E-state index is 0.0198. The minimum atomic E-state index is -1.30. The molecule has 172 valence electrons. The lowest BCUT2D eigenvalue weighted by atomic mass is 10.0. The standard InChI is InChI=1S/C25H16FN5O4/c26-15-10-18-20(22-12(15)7-9-35-22)19(14-5-3-8-28-23(14)32)21(24(33)34)31(18)11-17-13-4-1-2-6-16(13)29-25(27)30-17/h1-10H,11H2,(H,28,32)(H,33,34)(H2,27,29,30). The summed E-state index contributed by atoms with van der Waals surface area (Å²) in [6, 6.07) is 13.0. The first-order chi connectivity index (χ1) is 16.9. The van der Waals surface area contributed by atoms with Crippen LogP contribution in [0.3, 0.4) is 0 Å². The predicted molar refractivity (Wildman–Crippen MR) is 128 cm³/mol. The smallest absolute Gasteiger partial charge is 0.353 e. The maximum absolute atomic E-state index is 15.1. The highest BCUT2D eigenvalue weighted by Gasteiger charge is 2.29. The molecule has 0 amide bonds. The maximum Gasteiger partial charge on any atom is 0.353 e. The zero-order valence-corrected chi connectivity index (χ0v) is 17.9. The number of carboxylic acids is 1. The molecular formula is C25H16FN5O4. The Hall–Kier alpha value is -4.99. The Morgan fingerprint density at radius 3 is 2.77 bits per heavy atom. The highest BCUT2D eigenvalue weighted by atomic mass is 19.1. The molecule has 4 N–H and O–H groups in total. The number of H-pyrrole nitrogens is 1. The van der Waals surface area contributed by atoms with Crippen LogP contribution in [0.5, 0.6) is 0 Å². The summed E-state index contributed by atoms with van der Waals surface area (Å²) < 4.78 is 22.1. The number of para-hydroxylation sites is 1. The number of aromatic nitrogens is 4. The molecule has 2 aromatic carbocycles. The monoisotopic (exact) mass is 469 g/mol. The van der Waals surface area contributed by atoms with Crippen molar-refractivity contribution in [3.05, 3.63) is 88.5 Å². The van der Waals surface area contributed by atoms with Crippen molar-refractivity contribution in [1.82, 2.24) is 19.5 Å². The molecule has 0 aliphatic heterocycles. The largest absolute Gasteiger partial charge is 0.477 e. The van der Waals surface area contributed by atoms with Crippen molar-refractivity contribution < 1.29 is 18.7 Å². The summed E-state index contributed by atoms with van der Waals surface area (Å²) in [6.45, 7) is -0.0677. The van der Waals surface area contributed by atoms with E-state index < -0.39 is 17.3 Å². The molecule has 0 aliphatic rings. The first-order valence-electron chi connectivity index (χ1n) is 10.6. The number of rotatable bonds is 4. The van der Waals surface area contributed by atoms with Crippen LogP contribution in [-0.2, 0) is 6.54 Å². The Morgan fingerprint density at radius 1 is 1.14 bits per heavy atom. The molecule has 35 heavy (non-hydrogen) atoms. The molecule has 0 spiro atoms. The molecule has 0 aliphatic carbocycles. The molecule has 0 unspecified atom stereocenters. The third-order valence-corrected chi connectivity index (χ3v) is 6.01. The number of aromatic amines is 1. The predicted octanol–water partition coefficient (Wildman–Crippen LogP) is 4.15. The number of carboxylic acid groups (broad SMARTS) is 1. The second-order valence-electron chi connectivity index (χ2n) is 7.99. The number of pyridine rings is 1. The van der Waals surface area contributed by atoms with Crippen molar-refractivity contribution in [2.24, 2.45) is 0 Å². The van der Waals surface area contributed by atoms with Gasteiger partial charge in [-0.15, -0.1) is 0 Å². The molecular weight excluding hydrogens is 453 g/mol. The van der Waals surface area contributed by atoms with Gasteiger partial charge in [-0.05, 0) is 30.3 Å². The van der Waals surface area contributed by atoms with E-state index >= 15 is 4.39 Å². The zero-order valence-electron chi connectivity index (χ0n) is 17.9. The summed E-state index contributed by atoms with van der Waals surface area (Å²) >= 11 is 0. The van der Waals surface area contributed by atoms with E-state index in [4.69, 9.17) is 10.2 Å². The van der Waals surface area contributed by atoms with Crippen LogP contribution in [0.25, 0.3) is 43.9 Å². The van der Waals surface area contributed by atoms with Gasteiger partial charge in [-0.2, -0.15) is 0 Å². The molecule has 4 heterocycles. The molecule has 0 atom stereocenters. The van der Waals surface area contributed by atoms with Gasteiger partial charge in [0.05, 0.1) is 45.9 Å². The number of nitrogens with zero attached hydrogens (tertiary/aromatic N) is 3. The van der Waals surface area contributed by atoms with Crippen LogP contribution in [0, 0.1) is 5.82 Å². The maximum atomic E-state index is 15.1. The number of anilines is 1. The zero-order chi connectivity index (χ0) is 24.3. The van der Waals surface area contributed by atoms with Crippen LogP contribution >= 0.6 is 0 Å². The van der Waals surface area contributed by atoms with Crippen LogP contribution in [-0.4, -0.2) is 30.6 Å². The van der Waals surface area contributed by atoms with Crippen LogP contribution in [0.15, 0.2) is 70.2 Å². The third kappa shape index (κ3) is 3.07. The lowest BCUT2D eigenvalue weighted by Gasteiger charge is -2.11. The highest BCUT2D eigenvalue weighted by molar-refractivity contribution is 6.17. The summed E-state index contributed by atoms with van der Waals surface area (Å²) in [6.07, 6.45) is 2.77. The van der Waals surface area contributed by atoms with Gasteiger partial charge in [-0.25, -0.2) is 19.2 Å². The Bertz CT molecular complexity index is 1870. The van der Waals surface area contributed by atoms with Gasteiger partial charge in [0, 0.05) is 17.1 Å². The SMILES string of the molecule is Nc1nc(Cn2c(C(=O)O)c(-c3ccc[nH]c3=O)c3c4occc4c(F)cc32)c2ccccc2n1. The number of nitrogens with one attached hydrogen (secondary N) is 1. The molecule has 6 aromatic rings. The van der Waals surface area contributed by atoms with Crippen molar-refractivity contribution in [2.45, 2.75) is 6.54 Å². The van der Waals surface area contributed by atoms with Crippen LogP contribution in [0.1, 0.15) is 16.2 Å². The lowest BCUT2D eigenvalue weighted by molar-refractivity contribution is 0.0687. The van der Waals surface area contributed by atoms with E-state index in [2.05, 4.69) is 15.0 Å². The van der Waals surface area contributed by atoms with Crippen molar-refractivity contribution in [1.29, 1.82) is 0 Å². The topological polar surface area (TPSA) is 140 Å². The minimum Gasteiger partial charge on any atom is -0.477 e. The van der Waals surface area contributed by atoms with E-state index in [1.165, 1.54) is 35.2 Å². The molecule has 9 nitrogen and oxygen atoms in total. The van der Waals surface area contributed by atoms with Crippen molar-refractivity contribution >= 4 is 44.7 Å². The molecule has 10 heteroatoms. The van der Waals surface area contributed by atoms with Crippen LogP contribution in [0.2, 0.25) is 0 Å². The summed E-state index contributed by atoms with van der Waals surface area (Å²) in [5.41, 5.74) is 6.88. The van der Waals surface area contributed by atoms with Crippen LogP contribution < -0.4 is 11.3 Å². The molecule has 0 bridgehead atoms. The molecule has 4 aromatic heterocycles. The number of nitrogen functional groups attached to an aromatic ring is 1. The normalized spacial score (nSPS) is 11.6. The molecule has 0 saturated heterocycles.